The summed E-state index contributed by atoms with van der Waals surface area (Å²) in [5, 5.41) is 6.92. The SMILES string of the molecule is CCc1cccc(NC(=O)Cn2c(C)cc(C)c(-c3nc(-c4ccc(C)cc4)no3)c2=O)c1. The highest BCUT2D eigenvalue weighted by Crippen LogP contribution is 2.23. The average Bonchev–Trinajstić information content (AvgIpc) is 3.26. The maximum atomic E-state index is 13.3. The van der Waals surface area contributed by atoms with Crippen molar-refractivity contribution in [2.45, 2.75) is 40.7 Å². The van der Waals surface area contributed by atoms with Gasteiger partial charge in [0.1, 0.15) is 12.1 Å². The minimum atomic E-state index is -0.343. The number of carbonyl (C=O) groups is 1. The average molecular weight is 443 g/mol. The zero-order valence-electron chi connectivity index (χ0n) is 19.2. The number of anilines is 1. The number of aromatic nitrogens is 3. The molecule has 168 valence electrons. The zero-order chi connectivity index (χ0) is 23.5. The van der Waals surface area contributed by atoms with Crippen LogP contribution in [-0.4, -0.2) is 20.6 Å². The van der Waals surface area contributed by atoms with E-state index in [4.69, 9.17) is 4.52 Å². The Morgan fingerprint density at radius 3 is 2.55 bits per heavy atom. The number of hydrogen-bond acceptors (Lipinski definition) is 5. The molecule has 0 spiro atoms. The van der Waals surface area contributed by atoms with Crippen molar-refractivity contribution in [1.82, 2.24) is 14.7 Å². The summed E-state index contributed by atoms with van der Waals surface area (Å²) in [5.41, 5.74) is 5.10. The molecule has 7 heteroatoms. The minimum absolute atomic E-state index is 0.118. The smallest absolute Gasteiger partial charge is 0.264 e. The molecule has 4 rings (SSSR count). The second-order valence-corrected chi connectivity index (χ2v) is 8.13. The first kappa shape index (κ1) is 22.2. The van der Waals surface area contributed by atoms with Gasteiger partial charge in [0.05, 0.1) is 0 Å². The molecule has 0 aliphatic rings. The van der Waals surface area contributed by atoms with Gasteiger partial charge in [-0.25, -0.2) is 0 Å². The van der Waals surface area contributed by atoms with Gasteiger partial charge in [-0.15, -0.1) is 0 Å². The fourth-order valence-corrected chi connectivity index (χ4v) is 3.74. The van der Waals surface area contributed by atoms with E-state index in [-0.39, 0.29) is 23.9 Å². The van der Waals surface area contributed by atoms with E-state index in [9.17, 15) is 9.59 Å². The van der Waals surface area contributed by atoms with Gasteiger partial charge >= 0.3 is 0 Å². The second kappa shape index (κ2) is 9.24. The second-order valence-electron chi connectivity index (χ2n) is 8.13. The molecular formula is C26H26N4O3. The third kappa shape index (κ3) is 4.77. The van der Waals surface area contributed by atoms with E-state index < -0.39 is 0 Å². The van der Waals surface area contributed by atoms with Gasteiger partial charge in [0.2, 0.25) is 11.7 Å². The molecule has 4 aromatic rings. The van der Waals surface area contributed by atoms with Crippen molar-refractivity contribution in [3.63, 3.8) is 0 Å². The van der Waals surface area contributed by atoms with Crippen molar-refractivity contribution in [3.05, 3.63) is 87.3 Å². The lowest BCUT2D eigenvalue weighted by atomic mass is 10.1. The summed E-state index contributed by atoms with van der Waals surface area (Å²) in [6, 6.07) is 17.2. The number of rotatable bonds is 6. The normalized spacial score (nSPS) is 10.9. The van der Waals surface area contributed by atoms with Crippen LogP contribution in [0.1, 0.15) is 29.3 Å². The van der Waals surface area contributed by atoms with Crippen molar-refractivity contribution in [1.29, 1.82) is 0 Å². The molecule has 0 atom stereocenters. The Labute approximate surface area is 192 Å². The Kier molecular flexibility index (Phi) is 6.22. The van der Waals surface area contributed by atoms with Gasteiger partial charge in [-0.2, -0.15) is 4.98 Å². The Morgan fingerprint density at radius 2 is 1.82 bits per heavy atom. The zero-order valence-corrected chi connectivity index (χ0v) is 19.2. The number of benzene rings is 2. The van der Waals surface area contributed by atoms with E-state index in [0.717, 1.165) is 23.1 Å². The molecule has 0 saturated heterocycles. The standard InChI is InChI=1S/C26H26N4O3/c1-5-19-7-6-8-21(14-19)27-22(31)15-30-18(4)13-17(3)23(26(30)32)25-28-24(29-33-25)20-11-9-16(2)10-12-20/h6-14H,5,15H2,1-4H3,(H,27,31). The number of nitrogens with zero attached hydrogens (tertiary/aromatic N) is 3. The predicted octanol–water partition coefficient (Wildman–Crippen LogP) is 4.69. The Balaban J connectivity index is 1.63. The molecule has 0 aliphatic carbocycles. The Hall–Kier alpha value is -4.00. The first-order valence-corrected chi connectivity index (χ1v) is 10.9. The van der Waals surface area contributed by atoms with E-state index in [0.29, 0.717) is 28.3 Å². The van der Waals surface area contributed by atoms with Crippen LogP contribution in [0, 0.1) is 20.8 Å². The molecule has 0 bridgehead atoms. The van der Waals surface area contributed by atoms with Gasteiger partial charge < -0.3 is 14.4 Å². The molecule has 2 aromatic carbocycles. The molecular weight excluding hydrogens is 416 g/mol. The van der Waals surface area contributed by atoms with E-state index >= 15 is 0 Å². The lowest BCUT2D eigenvalue weighted by Crippen LogP contribution is -2.30. The number of pyridine rings is 1. The molecule has 0 radical (unpaired) electrons. The van der Waals surface area contributed by atoms with E-state index in [1.54, 1.807) is 6.92 Å². The molecule has 0 unspecified atom stereocenters. The van der Waals surface area contributed by atoms with E-state index in [1.165, 1.54) is 4.57 Å². The molecule has 7 nitrogen and oxygen atoms in total. The van der Waals surface area contributed by atoms with Crippen LogP contribution in [-0.2, 0) is 17.8 Å². The third-order valence-corrected chi connectivity index (χ3v) is 5.57. The Morgan fingerprint density at radius 1 is 1.06 bits per heavy atom. The number of amides is 1. The molecule has 0 fully saturated rings. The summed E-state index contributed by atoms with van der Waals surface area (Å²) in [7, 11) is 0. The van der Waals surface area contributed by atoms with E-state index in [1.807, 2.05) is 68.4 Å². The molecule has 33 heavy (non-hydrogen) atoms. The van der Waals surface area contributed by atoms with Gasteiger partial charge in [-0.3, -0.25) is 9.59 Å². The van der Waals surface area contributed by atoms with Gasteiger partial charge in [0.25, 0.3) is 11.4 Å². The maximum Gasteiger partial charge on any atom is 0.264 e. The van der Waals surface area contributed by atoms with Crippen molar-refractivity contribution in [2.75, 3.05) is 5.32 Å². The van der Waals surface area contributed by atoms with Crippen LogP contribution in [0.4, 0.5) is 5.69 Å². The maximum absolute atomic E-state index is 13.3. The van der Waals surface area contributed by atoms with Crippen LogP contribution in [0.2, 0.25) is 0 Å². The van der Waals surface area contributed by atoms with Crippen molar-refractivity contribution < 1.29 is 9.32 Å². The lowest BCUT2D eigenvalue weighted by Gasteiger charge is -2.13. The fraction of sp³-hybridized carbons (Fsp3) is 0.231. The van der Waals surface area contributed by atoms with Crippen LogP contribution in [0.15, 0.2) is 63.9 Å². The Bertz CT molecular complexity index is 1370. The third-order valence-electron chi connectivity index (χ3n) is 5.57. The molecule has 2 heterocycles. The van der Waals surface area contributed by atoms with Crippen LogP contribution >= 0.6 is 0 Å². The van der Waals surface area contributed by atoms with Crippen LogP contribution in [0.5, 0.6) is 0 Å². The molecule has 0 aliphatic heterocycles. The van der Waals surface area contributed by atoms with Gasteiger partial charge in [0.15, 0.2) is 0 Å². The first-order chi connectivity index (χ1) is 15.9. The van der Waals surface area contributed by atoms with E-state index in [2.05, 4.69) is 22.4 Å². The van der Waals surface area contributed by atoms with Crippen molar-refractivity contribution in [2.24, 2.45) is 0 Å². The molecule has 0 saturated carbocycles. The summed E-state index contributed by atoms with van der Waals surface area (Å²) in [6.45, 7) is 7.56. The van der Waals surface area contributed by atoms with Crippen molar-refractivity contribution in [3.8, 4) is 22.8 Å². The summed E-state index contributed by atoms with van der Waals surface area (Å²) in [5.74, 6) is 0.261. The molecule has 1 N–H and O–H groups in total. The quantitative estimate of drug-likeness (QED) is 0.468. The van der Waals surface area contributed by atoms with Gasteiger partial charge in [0, 0.05) is 16.9 Å². The van der Waals surface area contributed by atoms with Gasteiger partial charge in [-0.05, 0) is 56.5 Å². The monoisotopic (exact) mass is 442 g/mol. The topological polar surface area (TPSA) is 90.0 Å². The summed E-state index contributed by atoms with van der Waals surface area (Å²) >= 11 is 0. The summed E-state index contributed by atoms with van der Waals surface area (Å²) in [4.78, 5) is 30.5. The lowest BCUT2D eigenvalue weighted by molar-refractivity contribution is -0.116. The highest BCUT2D eigenvalue weighted by molar-refractivity contribution is 5.90. The van der Waals surface area contributed by atoms with Crippen LogP contribution in [0.3, 0.4) is 0 Å². The number of aryl methyl sites for hydroxylation is 4. The number of nitrogens with one attached hydrogen (secondary N) is 1. The number of hydrogen-bond donors (Lipinski definition) is 1. The van der Waals surface area contributed by atoms with Crippen LogP contribution < -0.4 is 10.9 Å². The van der Waals surface area contributed by atoms with Crippen LogP contribution in [0.25, 0.3) is 22.8 Å². The summed E-state index contributed by atoms with van der Waals surface area (Å²) < 4.78 is 6.87. The van der Waals surface area contributed by atoms with Gasteiger partial charge in [-0.1, -0.05) is 54.0 Å². The minimum Gasteiger partial charge on any atom is -0.333 e. The first-order valence-electron chi connectivity index (χ1n) is 10.9. The fourth-order valence-electron chi connectivity index (χ4n) is 3.74. The highest BCUT2D eigenvalue weighted by atomic mass is 16.5. The molecule has 2 aromatic heterocycles. The predicted molar refractivity (Wildman–Crippen MR) is 128 cm³/mol. The summed E-state index contributed by atoms with van der Waals surface area (Å²) in [6.07, 6.45) is 0.873. The highest BCUT2D eigenvalue weighted by Gasteiger charge is 2.20. The van der Waals surface area contributed by atoms with Crippen molar-refractivity contribution >= 4 is 11.6 Å². The largest absolute Gasteiger partial charge is 0.333 e. The number of carbonyl (C=O) groups excluding carboxylic acids is 1. The molecule has 1 amide bonds.